The van der Waals surface area contributed by atoms with E-state index >= 15 is 0 Å². The lowest BCUT2D eigenvalue weighted by molar-refractivity contribution is 0.389. The van der Waals surface area contributed by atoms with E-state index in [-0.39, 0.29) is 10.9 Å². The van der Waals surface area contributed by atoms with Gasteiger partial charge in [0.25, 0.3) is 0 Å². The van der Waals surface area contributed by atoms with Crippen LogP contribution in [0.25, 0.3) is 0 Å². The van der Waals surface area contributed by atoms with Crippen molar-refractivity contribution in [3.63, 3.8) is 0 Å². The Morgan fingerprint density at radius 3 is 2.77 bits per heavy atom. The van der Waals surface area contributed by atoms with Crippen LogP contribution in [-0.4, -0.2) is 39.0 Å². The topological polar surface area (TPSA) is 81.0 Å². The van der Waals surface area contributed by atoms with Crippen LogP contribution in [0.5, 0.6) is 0 Å². The van der Waals surface area contributed by atoms with Gasteiger partial charge in [-0.2, -0.15) is 9.40 Å². The molecule has 0 N–H and O–H groups in total. The second kappa shape index (κ2) is 5.77. The van der Waals surface area contributed by atoms with Crippen molar-refractivity contribution in [1.82, 2.24) is 24.1 Å². The van der Waals surface area contributed by atoms with E-state index in [1.54, 1.807) is 30.2 Å². The number of rotatable bonds is 4. The molecule has 0 bridgehead atoms. The van der Waals surface area contributed by atoms with Gasteiger partial charge < -0.3 is 0 Å². The van der Waals surface area contributed by atoms with E-state index in [0.717, 1.165) is 12.8 Å². The van der Waals surface area contributed by atoms with Gasteiger partial charge in [0.05, 0.1) is 29.8 Å². The van der Waals surface area contributed by atoms with Crippen LogP contribution in [0, 0.1) is 6.92 Å². The minimum Gasteiger partial charge on any atom is -0.269 e. The van der Waals surface area contributed by atoms with Crippen molar-refractivity contribution in [1.29, 1.82) is 0 Å². The third kappa shape index (κ3) is 2.42. The summed E-state index contributed by atoms with van der Waals surface area (Å²) in [5.74, 6) is 0. The fourth-order valence-electron chi connectivity index (χ4n) is 2.93. The van der Waals surface area contributed by atoms with Gasteiger partial charge in [0.2, 0.25) is 10.0 Å². The fourth-order valence-corrected chi connectivity index (χ4v) is 4.76. The monoisotopic (exact) mass is 321 g/mol. The van der Waals surface area contributed by atoms with Crippen molar-refractivity contribution in [3.8, 4) is 0 Å². The first-order valence-corrected chi connectivity index (χ1v) is 8.80. The van der Waals surface area contributed by atoms with Gasteiger partial charge >= 0.3 is 0 Å². The predicted octanol–water partition coefficient (Wildman–Crippen LogP) is 1.53. The zero-order valence-corrected chi connectivity index (χ0v) is 13.5. The predicted molar refractivity (Wildman–Crippen MR) is 80.5 cm³/mol. The molecule has 22 heavy (non-hydrogen) atoms. The van der Waals surface area contributed by atoms with E-state index in [9.17, 15) is 8.42 Å². The molecule has 0 amide bonds. The highest BCUT2D eigenvalue weighted by molar-refractivity contribution is 7.89. The first-order valence-electron chi connectivity index (χ1n) is 7.36. The Kier molecular flexibility index (Phi) is 3.96. The summed E-state index contributed by atoms with van der Waals surface area (Å²) in [4.78, 5) is 8.61. The van der Waals surface area contributed by atoms with Gasteiger partial charge in [-0.1, -0.05) is 0 Å². The minimum absolute atomic E-state index is 0.247. The molecule has 1 aliphatic rings. The maximum absolute atomic E-state index is 13.0. The molecule has 0 spiro atoms. The van der Waals surface area contributed by atoms with Crippen LogP contribution in [0.2, 0.25) is 0 Å². The van der Waals surface area contributed by atoms with E-state index in [0.29, 0.717) is 24.5 Å². The summed E-state index contributed by atoms with van der Waals surface area (Å²) in [5.41, 5.74) is 1.37. The van der Waals surface area contributed by atoms with Gasteiger partial charge in [-0.15, -0.1) is 0 Å². The van der Waals surface area contributed by atoms with Crippen LogP contribution >= 0.6 is 0 Å². The first-order chi connectivity index (χ1) is 10.6. The van der Waals surface area contributed by atoms with Crippen molar-refractivity contribution < 1.29 is 8.42 Å². The minimum atomic E-state index is -3.57. The quantitative estimate of drug-likeness (QED) is 0.853. The van der Waals surface area contributed by atoms with Gasteiger partial charge in [-0.25, -0.2) is 8.42 Å². The summed E-state index contributed by atoms with van der Waals surface area (Å²) in [6, 6.07) is -0.247. The smallest absolute Gasteiger partial charge is 0.247 e. The lowest BCUT2D eigenvalue weighted by Crippen LogP contribution is -2.31. The van der Waals surface area contributed by atoms with Crippen LogP contribution in [0.3, 0.4) is 0 Å². The van der Waals surface area contributed by atoms with Crippen LogP contribution in [0.15, 0.2) is 29.7 Å². The van der Waals surface area contributed by atoms with E-state index in [4.69, 9.17) is 0 Å². The number of hydrogen-bond donors (Lipinski definition) is 0. The van der Waals surface area contributed by atoms with Crippen molar-refractivity contribution in [2.24, 2.45) is 0 Å². The van der Waals surface area contributed by atoms with E-state index in [2.05, 4.69) is 15.1 Å². The summed E-state index contributed by atoms with van der Waals surface area (Å²) in [7, 11) is -3.57. The molecule has 0 unspecified atom stereocenters. The van der Waals surface area contributed by atoms with Gasteiger partial charge in [-0.05, 0) is 26.7 Å². The number of aromatic nitrogens is 4. The summed E-state index contributed by atoms with van der Waals surface area (Å²) in [6.45, 7) is 4.88. The molecule has 1 saturated heterocycles. The summed E-state index contributed by atoms with van der Waals surface area (Å²) in [5, 5.41) is 4.15. The molecule has 8 heteroatoms. The Labute approximate surface area is 130 Å². The average Bonchev–Trinajstić information content (AvgIpc) is 3.15. The second-order valence-corrected chi connectivity index (χ2v) is 7.17. The van der Waals surface area contributed by atoms with Crippen LogP contribution in [-0.2, 0) is 16.6 Å². The molecule has 3 rings (SSSR count). The van der Waals surface area contributed by atoms with Crippen LogP contribution in [0.1, 0.15) is 37.2 Å². The zero-order chi connectivity index (χ0) is 15.7. The van der Waals surface area contributed by atoms with Gasteiger partial charge in [-0.3, -0.25) is 14.6 Å². The van der Waals surface area contributed by atoms with Crippen molar-refractivity contribution >= 4 is 10.0 Å². The molecule has 0 aliphatic carbocycles. The summed E-state index contributed by atoms with van der Waals surface area (Å²) < 4.78 is 29.2. The Morgan fingerprint density at radius 1 is 1.32 bits per heavy atom. The highest BCUT2D eigenvalue weighted by atomic mass is 32.2. The van der Waals surface area contributed by atoms with Crippen molar-refractivity contribution in [2.75, 3.05) is 6.54 Å². The highest BCUT2D eigenvalue weighted by Gasteiger charge is 2.38. The maximum atomic E-state index is 13.0. The third-order valence-electron chi connectivity index (χ3n) is 4.07. The molecule has 0 radical (unpaired) electrons. The number of hydrogen-bond acceptors (Lipinski definition) is 5. The molecule has 0 saturated carbocycles. The SMILES string of the molecule is CCn1ncc(S(=O)(=O)N2CCC[C@H]2c2cnccn2)c1C. The largest absolute Gasteiger partial charge is 0.269 e. The van der Waals surface area contributed by atoms with Crippen LogP contribution in [0.4, 0.5) is 0 Å². The molecule has 2 aromatic heterocycles. The van der Waals surface area contributed by atoms with Crippen LogP contribution < -0.4 is 0 Å². The summed E-state index contributed by atoms with van der Waals surface area (Å²) >= 11 is 0. The molecular formula is C14H19N5O2S. The normalized spacial score (nSPS) is 19.6. The Balaban J connectivity index is 1.99. The molecule has 3 heterocycles. The molecule has 118 valence electrons. The molecule has 1 aliphatic heterocycles. The zero-order valence-electron chi connectivity index (χ0n) is 12.7. The van der Waals surface area contributed by atoms with Gasteiger partial charge in [0.15, 0.2) is 0 Å². The Bertz CT molecular complexity index is 757. The summed E-state index contributed by atoms with van der Waals surface area (Å²) in [6.07, 6.45) is 7.85. The second-order valence-electron chi connectivity index (χ2n) is 5.31. The Hall–Kier alpha value is -1.80. The Morgan fingerprint density at radius 2 is 2.14 bits per heavy atom. The van der Waals surface area contributed by atoms with E-state index in [1.165, 1.54) is 10.5 Å². The maximum Gasteiger partial charge on any atom is 0.247 e. The lowest BCUT2D eigenvalue weighted by atomic mass is 10.2. The van der Waals surface area contributed by atoms with Gasteiger partial charge in [0, 0.05) is 25.5 Å². The fraction of sp³-hybridized carbons (Fsp3) is 0.500. The third-order valence-corrected chi connectivity index (χ3v) is 6.08. The van der Waals surface area contributed by atoms with Gasteiger partial charge in [0.1, 0.15) is 4.90 Å². The number of nitrogens with zero attached hydrogens (tertiary/aromatic N) is 5. The molecule has 1 fully saturated rings. The lowest BCUT2D eigenvalue weighted by Gasteiger charge is -2.23. The molecular weight excluding hydrogens is 302 g/mol. The molecule has 2 aromatic rings. The molecule has 7 nitrogen and oxygen atoms in total. The number of aryl methyl sites for hydroxylation is 1. The molecule has 0 aromatic carbocycles. The highest BCUT2D eigenvalue weighted by Crippen LogP contribution is 2.35. The van der Waals surface area contributed by atoms with Crippen molar-refractivity contribution in [2.45, 2.75) is 44.2 Å². The van der Waals surface area contributed by atoms with Crippen molar-refractivity contribution in [3.05, 3.63) is 36.2 Å². The number of sulfonamides is 1. The van der Waals surface area contributed by atoms with E-state index in [1.807, 2.05) is 6.92 Å². The first kappa shape index (κ1) is 15.1. The average molecular weight is 321 g/mol. The van der Waals surface area contributed by atoms with E-state index < -0.39 is 10.0 Å². The standard InChI is InChI=1S/C14H19N5O2S/c1-3-18-11(2)14(10-17-18)22(20,21)19-8-4-5-13(19)12-9-15-6-7-16-12/h6-7,9-10,13H,3-5,8H2,1-2H3/t13-/m0/s1. The molecule has 1 atom stereocenters.